The fourth-order valence-electron chi connectivity index (χ4n) is 10.3. The highest BCUT2D eigenvalue weighted by molar-refractivity contribution is 7.92. The fraction of sp³-hybridized carbons (Fsp3) is 0.480. The van der Waals surface area contributed by atoms with E-state index in [0.29, 0.717) is 54.7 Å². The molecule has 14 nitrogen and oxygen atoms in total. The highest BCUT2D eigenvalue weighted by Crippen LogP contribution is 2.49. The molecular formula is C50H55F5N6O8S. The number of fused-ring (bicyclic) bond motifs is 5. The van der Waals surface area contributed by atoms with Crippen LogP contribution in [0.25, 0.3) is 22.2 Å². The number of piperazine rings is 1. The Hall–Kier alpha value is -6.18. The van der Waals surface area contributed by atoms with Crippen LogP contribution in [0.3, 0.4) is 0 Å². The molecule has 374 valence electrons. The van der Waals surface area contributed by atoms with Crippen LogP contribution in [0.4, 0.5) is 38.3 Å². The lowest BCUT2D eigenvalue weighted by molar-refractivity contribution is -0.137. The van der Waals surface area contributed by atoms with Crippen molar-refractivity contribution < 1.29 is 58.8 Å². The van der Waals surface area contributed by atoms with Gasteiger partial charge in [-0.2, -0.15) is 23.1 Å². The second-order valence-electron chi connectivity index (χ2n) is 19.4. The molecule has 0 aliphatic carbocycles. The van der Waals surface area contributed by atoms with Crippen LogP contribution in [0.2, 0.25) is 0 Å². The summed E-state index contributed by atoms with van der Waals surface area (Å²) in [7, 11) is -0.530. The average molecular weight is 995 g/mol. The Morgan fingerprint density at radius 3 is 2.11 bits per heavy atom. The minimum absolute atomic E-state index is 0.00435. The topological polar surface area (TPSA) is 146 Å². The molecule has 0 N–H and O–H groups in total. The highest BCUT2D eigenvalue weighted by Gasteiger charge is 2.54. The molecule has 3 fully saturated rings. The lowest BCUT2D eigenvalue weighted by Crippen LogP contribution is -2.65. The summed E-state index contributed by atoms with van der Waals surface area (Å²) in [6, 6.07) is 12.8. The lowest BCUT2D eigenvalue weighted by atomic mass is 9.95. The second-order valence-corrected chi connectivity index (χ2v) is 21.8. The van der Waals surface area contributed by atoms with Crippen molar-refractivity contribution in [2.75, 3.05) is 42.9 Å². The smallest absolute Gasteiger partial charge is 0.417 e. The number of anilines is 2. The molecule has 0 spiro atoms. The standard InChI is InChI=1S/C50H55F5N6O8S/c1-27-39(50(53,54)55)35(22-37(40(27)51)59(23-29-11-16-32(65-6)17-12-29)24-30-13-18-33(66-7)19-14-30)42-41(52)43-38-45(58-47(57-43)67-26-34-10-8-9-21-70(34,63)64)60-25-31-15-20-36(44(60)28(2)68-46(38)56-42)61(31)48(62)69-49(3,4)5/h11-14,16-19,22,28,31,34,36,44H,8-10,15,20-21,23-26H2,1-7H3/t28-,31+,34?,36-,44+/m0/s1. The van der Waals surface area contributed by atoms with E-state index in [9.17, 15) is 13.2 Å². The first kappa shape index (κ1) is 48.8. The summed E-state index contributed by atoms with van der Waals surface area (Å²) in [6.45, 7) is 7.84. The summed E-state index contributed by atoms with van der Waals surface area (Å²) in [6.07, 6.45) is -3.99. The molecule has 2 aromatic heterocycles. The van der Waals surface area contributed by atoms with Gasteiger partial charge in [0.15, 0.2) is 15.7 Å². The lowest BCUT2D eigenvalue weighted by Gasteiger charge is -2.48. The molecule has 9 rings (SSSR count). The molecule has 2 bridgehead atoms. The van der Waals surface area contributed by atoms with Crippen molar-refractivity contribution in [3.8, 4) is 34.6 Å². The van der Waals surface area contributed by atoms with Gasteiger partial charge in [-0.25, -0.2) is 27.0 Å². The quantitative estimate of drug-likeness (QED) is 0.116. The van der Waals surface area contributed by atoms with E-state index >= 15 is 22.0 Å². The Kier molecular flexibility index (Phi) is 12.9. The average Bonchev–Trinajstić information content (AvgIpc) is 3.55. The third-order valence-corrected chi connectivity index (χ3v) is 15.9. The molecule has 5 atom stereocenters. The number of methoxy groups -OCH3 is 2. The Balaban J connectivity index is 1.23. The number of ether oxygens (including phenoxy) is 5. The van der Waals surface area contributed by atoms with Crippen molar-refractivity contribution in [3.63, 3.8) is 0 Å². The van der Waals surface area contributed by atoms with E-state index in [0.717, 1.165) is 13.0 Å². The van der Waals surface area contributed by atoms with Crippen LogP contribution in [0.1, 0.15) is 82.1 Å². The van der Waals surface area contributed by atoms with Gasteiger partial charge in [0.05, 0.1) is 54.6 Å². The van der Waals surface area contributed by atoms with Crippen LogP contribution >= 0.6 is 0 Å². The molecule has 1 unspecified atom stereocenters. The van der Waals surface area contributed by atoms with E-state index in [1.54, 1.807) is 86.0 Å². The van der Waals surface area contributed by atoms with Crippen LogP contribution in [0.15, 0.2) is 54.6 Å². The molecule has 20 heteroatoms. The van der Waals surface area contributed by atoms with Crippen LogP contribution in [0.5, 0.6) is 23.4 Å². The maximum Gasteiger partial charge on any atom is 0.417 e. The predicted molar refractivity (Wildman–Crippen MR) is 251 cm³/mol. The third kappa shape index (κ3) is 9.30. The first-order valence-corrected chi connectivity index (χ1v) is 25.0. The van der Waals surface area contributed by atoms with Crippen LogP contribution in [-0.4, -0.2) is 103 Å². The van der Waals surface area contributed by atoms with Gasteiger partial charge in [-0.3, -0.25) is 4.90 Å². The molecular weight excluding hydrogens is 940 g/mol. The number of aromatic nitrogens is 3. The van der Waals surface area contributed by atoms with Gasteiger partial charge < -0.3 is 33.5 Å². The molecule has 0 radical (unpaired) electrons. The van der Waals surface area contributed by atoms with E-state index in [-0.39, 0.29) is 60.8 Å². The zero-order valence-electron chi connectivity index (χ0n) is 39.9. The second kappa shape index (κ2) is 18.5. The number of rotatable bonds is 11. The zero-order chi connectivity index (χ0) is 50.0. The van der Waals surface area contributed by atoms with Crippen molar-refractivity contribution in [2.45, 2.75) is 121 Å². The predicted octanol–water partition coefficient (Wildman–Crippen LogP) is 9.60. The van der Waals surface area contributed by atoms with Crippen molar-refractivity contribution in [2.24, 2.45) is 0 Å². The Labute approximate surface area is 403 Å². The van der Waals surface area contributed by atoms with Crippen LogP contribution in [0, 0.1) is 18.6 Å². The van der Waals surface area contributed by atoms with Gasteiger partial charge >= 0.3 is 18.3 Å². The number of nitrogens with zero attached hydrogens (tertiary/aromatic N) is 6. The first-order valence-electron chi connectivity index (χ1n) is 23.3. The summed E-state index contributed by atoms with van der Waals surface area (Å²) < 4.78 is 137. The number of hydrogen-bond donors (Lipinski definition) is 0. The van der Waals surface area contributed by atoms with Crippen LogP contribution < -0.4 is 28.7 Å². The maximum absolute atomic E-state index is 17.9. The summed E-state index contributed by atoms with van der Waals surface area (Å²) in [5.74, 6) is -1.61. The van der Waals surface area contributed by atoms with Crippen LogP contribution in [-0.2, 0) is 33.8 Å². The van der Waals surface area contributed by atoms with Gasteiger partial charge in [0.1, 0.15) is 58.0 Å². The van der Waals surface area contributed by atoms with Gasteiger partial charge in [0.2, 0.25) is 5.88 Å². The Bertz CT molecular complexity index is 2870. The molecule has 6 heterocycles. The van der Waals surface area contributed by atoms with E-state index in [1.807, 2.05) is 4.90 Å². The monoisotopic (exact) mass is 994 g/mol. The molecule has 70 heavy (non-hydrogen) atoms. The van der Waals surface area contributed by atoms with Gasteiger partial charge in [-0.15, -0.1) is 0 Å². The van der Waals surface area contributed by atoms with E-state index < -0.39 is 96.7 Å². The van der Waals surface area contributed by atoms with Gasteiger partial charge in [0.25, 0.3) is 0 Å². The number of pyridine rings is 1. The van der Waals surface area contributed by atoms with Gasteiger partial charge in [0, 0.05) is 25.2 Å². The van der Waals surface area contributed by atoms with Crippen molar-refractivity contribution in [1.82, 2.24) is 19.9 Å². The third-order valence-electron chi connectivity index (χ3n) is 13.6. The number of amides is 1. The van der Waals surface area contributed by atoms with Crippen molar-refractivity contribution in [3.05, 3.63) is 88.5 Å². The Morgan fingerprint density at radius 1 is 0.886 bits per heavy atom. The summed E-state index contributed by atoms with van der Waals surface area (Å²) >= 11 is 0. The number of carbonyl (C=O) groups excluding carboxylic acids is 1. The molecule has 4 aliphatic heterocycles. The number of carbonyl (C=O) groups is 1. The van der Waals surface area contributed by atoms with Gasteiger partial charge in [-0.05, 0) is 107 Å². The summed E-state index contributed by atoms with van der Waals surface area (Å²) in [5.41, 5.74) is -4.13. The highest BCUT2D eigenvalue weighted by atomic mass is 32.2. The minimum atomic E-state index is -5.22. The first-order chi connectivity index (χ1) is 33.1. The molecule has 0 saturated carbocycles. The molecule has 3 aromatic carbocycles. The summed E-state index contributed by atoms with van der Waals surface area (Å²) in [4.78, 5) is 32.7. The molecule has 1 amide bonds. The summed E-state index contributed by atoms with van der Waals surface area (Å²) in [5, 5.41) is -0.960. The van der Waals surface area contributed by atoms with E-state index in [1.165, 1.54) is 14.2 Å². The number of benzene rings is 3. The van der Waals surface area contributed by atoms with Crippen molar-refractivity contribution in [1.29, 1.82) is 0 Å². The number of hydrogen-bond acceptors (Lipinski definition) is 13. The maximum atomic E-state index is 17.9. The van der Waals surface area contributed by atoms with E-state index in [2.05, 4.69) is 9.97 Å². The van der Waals surface area contributed by atoms with E-state index in [4.69, 9.17) is 28.7 Å². The normalized spacial score (nSPS) is 21.7. The molecule has 3 saturated heterocycles. The number of halogens is 5. The Morgan fingerprint density at radius 2 is 1.53 bits per heavy atom. The zero-order valence-corrected chi connectivity index (χ0v) is 40.7. The number of alkyl halides is 3. The van der Waals surface area contributed by atoms with Gasteiger partial charge in [-0.1, -0.05) is 30.7 Å². The molecule has 5 aromatic rings. The SMILES string of the molecule is COc1ccc(CN(Cc2ccc(OC)cc2)c2cc(-c3nc4c5c(nc(OCC6CCCCS6(=O)=O)nc5c3F)N3C[C@H]5CC[C@@H]([C@H]3[C@H](C)O4)N5C(=O)OC(C)(C)C)c(C(F)(F)F)c(C)c2F)cc1. The number of sulfone groups is 1. The fourth-order valence-corrected chi connectivity index (χ4v) is 12.1. The largest absolute Gasteiger partial charge is 0.497 e. The minimum Gasteiger partial charge on any atom is -0.497 e. The van der Waals surface area contributed by atoms with Crippen molar-refractivity contribution >= 4 is 38.3 Å². The molecule has 4 aliphatic rings.